The summed E-state index contributed by atoms with van der Waals surface area (Å²) in [6.45, 7) is 0. The average molecular weight is 316 g/mol. The second-order valence-corrected chi connectivity index (χ2v) is 6.16. The molecule has 0 spiro atoms. The molecule has 0 saturated heterocycles. The molecular formula is C14H12N4O3S. The lowest BCUT2D eigenvalue weighted by atomic mass is 10.2. The van der Waals surface area contributed by atoms with Gasteiger partial charge in [0.2, 0.25) is 16.0 Å². The molecule has 0 atom stereocenters. The molecule has 0 aliphatic heterocycles. The molecule has 0 unspecified atom stereocenters. The van der Waals surface area contributed by atoms with E-state index in [4.69, 9.17) is 5.14 Å². The Hall–Kier alpha value is -2.71. The maximum Gasteiger partial charge on any atom is 0.238 e. The fourth-order valence-corrected chi connectivity index (χ4v) is 2.47. The maximum absolute atomic E-state index is 11.2. The number of benzene rings is 2. The highest BCUT2D eigenvalue weighted by Crippen LogP contribution is 2.23. The van der Waals surface area contributed by atoms with Crippen LogP contribution in [0.5, 0.6) is 5.75 Å². The van der Waals surface area contributed by atoms with Gasteiger partial charge in [-0.05, 0) is 30.3 Å². The van der Waals surface area contributed by atoms with Crippen molar-refractivity contribution in [1.82, 2.24) is 9.97 Å². The number of nitrogens with one attached hydrogen (secondary N) is 1. The number of hydrogen-bond donors (Lipinski definition) is 3. The number of para-hydroxylation sites is 1. The molecule has 8 heteroatoms. The lowest BCUT2D eigenvalue weighted by molar-refractivity contribution is 0.480. The molecule has 0 aliphatic carbocycles. The van der Waals surface area contributed by atoms with Crippen LogP contribution in [0, 0.1) is 0 Å². The van der Waals surface area contributed by atoms with Gasteiger partial charge in [0.1, 0.15) is 11.3 Å². The van der Waals surface area contributed by atoms with Crippen molar-refractivity contribution in [3.05, 3.63) is 48.7 Å². The molecule has 2 aromatic carbocycles. The van der Waals surface area contributed by atoms with Gasteiger partial charge in [-0.1, -0.05) is 12.1 Å². The Kier molecular flexibility index (Phi) is 3.39. The molecular weight excluding hydrogens is 304 g/mol. The summed E-state index contributed by atoms with van der Waals surface area (Å²) in [6, 6.07) is 10.9. The fraction of sp³-hybridized carbons (Fsp3) is 0. The Balaban J connectivity index is 1.91. The van der Waals surface area contributed by atoms with Gasteiger partial charge in [0.15, 0.2) is 0 Å². The van der Waals surface area contributed by atoms with Crippen LogP contribution < -0.4 is 10.5 Å². The van der Waals surface area contributed by atoms with E-state index < -0.39 is 10.0 Å². The summed E-state index contributed by atoms with van der Waals surface area (Å²) in [5, 5.41) is 18.5. The van der Waals surface area contributed by atoms with E-state index in [0.29, 0.717) is 11.2 Å². The van der Waals surface area contributed by atoms with Gasteiger partial charge in [-0.2, -0.15) is 0 Å². The first kappa shape index (κ1) is 14.2. The van der Waals surface area contributed by atoms with Crippen LogP contribution in [0.4, 0.5) is 11.6 Å². The van der Waals surface area contributed by atoms with E-state index in [-0.39, 0.29) is 16.6 Å². The third-order valence-corrected chi connectivity index (χ3v) is 3.96. The van der Waals surface area contributed by atoms with Crippen LogP contribution >= 0.6 is 0 Å². The number of sulfonamides is 1. The Bertz CT molecular complexity index is 940. The number of nitrogens with two attached hydrogens (primary N) is 1. The summed E-state index contributed by atoms with van der Waals surface area (Å²) in [5.74, 6) is 0.352. The summed E-state index contributed by atoms with van der Waals surface area (Å²) >= 11 is 0. The minimum atomic E-state index is -3.72. The van der Waals surface area contributed by atoms with Gasteiger partial charge < -0.3 is 10.4 Å². The lowest BCUT2D eigenvalue weighted by Gasteiger charge is -2.07. The molecule has 0 saturated carbocycles. The molecule has 1 heterocycles. The van der Waals surface area contributed by atoms with Crippen LogP contribution in [0.3, 0.4) is 0 Å². The van der Waals surface area contributed by atoms with Gasteiger partial charge in [-0.25, -0.2) is 23.5 Å². The standard InChI is InChI=1S/C14H12N4O3S/c15-22(20,21)11-6-4-10(5-7-11)17-14-16-8-9-2-1-3-12(19)13(9)18-14/h1-8,19H,(H2,15,20,21)(H,16,17,18). The largest absolute Gasteiger partial charge is 0.506 e. The Morgan fingerprint density at radius 1 is 1.09 bits per heavy atom. The van der Waals surface area contributed by atoms with Crippen molar-refractivity contribution in [3.8, 4) is 5.75 Å². The number of phenolic OH excluding ortho intramolecular Hbond substituents is 1. The number of aromatic nitrogens is 2. The van der Waals surface area contributed by atoms with Crippen molar-refractivity contribution >= 4 is 32.6 Å². The molecule has 3 aromatic rings. The molecule has 0 fully saturated rings. The molecule has 0 amide bonds. The van der Waals surface area contributed by atoms with Gasteiger partial charge in [0.25, 0.3) is 0 Å². The Labute approximate surface area is 126 Å². The quantitative estimate of drug-likeness (QED) is 0.677. The predicted octanol–water partition coefficient (Wildman–Crippen LogP) is 1.73. The molecule has 0 bridgehead atoms. The van der Waals surface area contributed by atoms with Gasteiger partial charge in [0, 0.05) is 17.3 Å². The van der Waals surface area contributed by atoms with E-state index in [9.17, 15) is 13.5 Å². The summed E-state index contributed by atoms with van der Waals surface area (Å²) in [7, 11) is -3.72. The third kappa shape index (κ3) is 2.83. The summed E-state index contributed by atoms with van der Waals surface area (Å²) in [5.41, 5.74) is 1.03. The van der Waals surface area contributed by atoms with Gasteiger partial charge in [-0.3, -0.25) is 0 Å². The molecule has 112 valence electrons. The zero-order valence-electron chi connectivity index (χ0n) is 11.3. The monoisotopic (exact) mass is 316 g/mol. The topological polar surface area (TPSA) is 118 Å². The normalized spacial score (nSPS) is 11.5. The van der Waals surface area contributed by atoms with Crippen LogP contribution in [-0.2, 0) is 10.0 Å². The minimum Gasteiger partial charge on any atom is -0.506 e. The molecule has 0 aliphatic rings. The van der Waals surface area contributed by atoms with Gasteiger partial charge in [-0.15, -0.1) is 0 Å². The highest BCUT2D eigenvalue weighted by atomic mass is 32.2. The van der Waals surface area contributed by atoms with Gasteiger partial charge >= 0.3 is 0 Å². The number of aromatic hydroxyl groups is 1. The van der Waals surface area contributed by atoms with Crippen molar-refractivity contribution in [2.24, 2.45) is 5.14 Å². The number of rotatable bonds is 3. The molecule has 22 heavy (non-hydrogen) atoms. The van der Waals surface area contributed by atoms with Crippen molar-refractivity contribution in [1.29, 1.82) is 0 Å². The first-order valence-corrected chi connectivity index (χ1v) is 7.83. The van der Waals surface area contributed by atoms with Crippen molar-refractivity contribution in [2.45, 2.75) is 4.90 Å². The fourth-order valence-electron chi connectivity index (χ4n) is 1.96. The van der Waals surface area contributed by atoms with Crippen molar-refractivity contribution in [2.75, 3.05) is 5.32 Å². The first-order valence-electron chi connectivity index (χ1n) is 6.28. The van der Waals surface area contributed by atoms with Crippen LogP contribution in [0.25, 0.3) is 10.9 Å². The smallest absolute Gasteiger partial charge is 0.238 e. The highest BCUT2D eigenvalue weighted by Gasteiger charge is 2.08. The highest BCUT2D eigenvalue weighted by molar-refractivity contribution is 7.89. The average Bonchev–Trinajstić information content (AvgIpc) is 2.48. The zero-order valence-corrected chi connectivity index (χ0v) is 12.1. The second-order valence-electron chi connectivity index (χ2n) is 4.60. The minimum absolute atomic E-state index is 0.0233. The predicted molar refractivity (Wildman–Crippen MR) is 82.3 cm³/mol. The molecule has 1 aromatic heterocycles. The van der Waals surface area contributed by atoms with E-state index in [1.54, 1.807) is 36.5 Å². The Morgan fingerprint density at radius 3 is 2.50 bits per heavy atom. The number of phenols is 1. The Morgan fingerprint density at radius 2 is 1.82 bits per heavy atom. The third-order valence-electron chi connectivity index (χ3n) is 3.03. The molecule has 0 radical (unpaired) electrons. The lowest BCUT2D eigenvalue weighted by Crippen LogP contribution is -2.11. The van der Waals surface area contributed by atoms with E-state index in [2.05, 4.69) is 15.3 Å². The van der Waals surface area contributed by atoms with Crippen LogP contribution in [-0.4, -0.2) is 23.5 Å². The summed E-state index contributed by atoms with van der Waals surface area (Å²) in [4.78, 5) is 8.39. The number of fused-ring (bicyclic) bond motifs is 1. The molecule has 3 rings (SSSR count). The van der Waals surface area contributed by atoms with Crippen molar-refractivity contribution in [3.63, 3.8) is 0 Å². The SMILES string of the molecule is NS(=O)(=O)c1ccc(Nc2ncc3cccc(O)c3n2)cc1. The van der Waals surface area contributed by atoms with E-state index in [1.807, 2.05) is 0 Å². The number of primary sulfonamides is 1. The van der Waals surface area contributed by atoms with Gasteiger partial charge in [0.05, 0.1) is 4.90 Å². The van der Waals surface area contributed by atoms with E-state index in [1.165, 1.54) is 12.1 Å². The zero-order chi connectivity index (χ0) is 15.7. The number of hydrogen-bond acceptors (Lipinski definition) is 6. The number of anilines is 2. The molecule has 7 nitrogen and oxygen atoms in total. The van der Waals surface area contributed by atoms with Crippen LogP contribution in [0.15, 0.2) is 53.6 Å². The summed E-state index contributed by atoms with van der Waals surface area (Å²) in [6.07, 6.45) is 1.59. The van der Waals surface area contributed by atoms with E-state index in [0.717, 1.165) is 5.39 Å². The van der Waals surface area contributed by atoms with E-state index >= 15 is 0 Å². The first-order chi connectivity index (χ1) is 10.4. The van der Waals surface area contributed by atoms with Crippen molar-refractivity contribution < 1.29 is 13.5 Å². The molecule has 4 N–H and O–H groups in total. The van der Waals surface area contributed by atoms with Crippen LogP contribution in [0.2, 0.25) is 0 Å². The summed E-state index contributed by atoms with van der Waals surface area (Å²) < 4.78 is 22.4. The van der Waals surface area contributed by atoms with Crippen LogP contribution in [0.1, 0.15) is 0 Å². The maximum atomic E-state index is 11.2. The number of nitrogens with zero attached hydrogens (tertiary/aromatic N) is 2. The second kappa shape index (κ2) is 5.24.